The van der Waals surface area contributed by atoms with Gasteiger partial charge in [0.25, 0.3) is 0 Å². The monoisotopic (exact) mass is 535 g/mol. The molecule has 1 saturated carbocycles. The van der Waals surface area contributed by atoms with Crippen LogP contribution in [0.5, 0.6) is 11.8 Å². The van der Waals surface area contributed by atoms with Gasteiger partial charge in [0.1, 0.15) is 18.0 Å². The highest BCUT2D eigenvalue weighted by Gasteiger charge is 2.48. The van der Waals surface area contributed by atoms with Crippen LogP contribution in [0.4, 0.5) is 0 Å². The van der Waals surface area contributed by atoms with Gasteiger partial charge in [-0.25, -0.2) is 0 Å². The molecule has 1 N–H and O–H groups in total. The van der Waals surface area contributed by atoms with Crippen LogP contribution in [0.1, 0.15) is 83.0 Å². The first-order valence-corrected chi connectivity index (χ1v) is 14.6. The Morgan fingerprint density at radius 3 is 2.72 bits per heavy atom. The number of carbonyl (C=O) groups excluding carboxylic acids is 1. The third kappa shape index (κ3) is 4.99. The molecule has 0 radical (unpaired) electrons. The minimum absolute atomic E-state index is 0.00683. The summed E-state index contributed by atoms with van der Waals surface area (Å²) in [5.41, 5.74) is 1.01. The fourth-order valence-corrected chi connectivity index (χ4v) is 7.13. The molecule has 4 aliphatic rings. The van der Waals surface area contributed by atoms with Crippen molar-refractivity contribution in [1.29, 1.82) is 0 Å². The van der Waals surface area contributed by atoms with E-state index in [2.05, 4.69) is 42.8 Å². The van der Waals surface area contributed by atoms with Crippen LogP contribution >= 0.6 is 0 Å². The van der Waals surface area contributed by atoms with Gasteiger partial charge in [-0.3, -0.25) is 9.69 Å². The smallest absolute Gasteiger partial charge is 0.221 e. The Bertz CT molecular complexity index is 1240. The highest BCUT2D eigenvalue weighted by Crippen LogP contribution is 2.47. The molecule has 39 heavy (non-hydrogen) atoms. The molecule has 210 valence electrons. The lowest BCUT2D eigenvalue weighted by Crippen LogP contribution is -2.41. The van der Waals surface area contributed by atoms with E-state index in [4.69, 9.17) is 24.0 Å². The van der Waals surface area contributed by atoms with Crippen molar-refractivity contribution in [1.82, 2.24) is 25.3 Å². The molecule has 9 heteroatoms. The largest absolute Gasteiger partial charge is 0.473 e. The van der Waals surface area contributed by atoms with Gasteiger partial charge in [-0.1, -0.05) is 18.2 Å². The number of likely N-dealkylation sites (tertiary alicyclic amines) is 1. The van der Waals surface area contributed by atoms with E-state index in [-0.39, 0.29) is 29.6 Å². The summed E-state index contributed by atoms with van der Waals surface area (Å²) in [6.07, 6.45) is 10.6. The van der Waals surface area contributed by atoms with E-state index in [1.807, 2.05) is 6.08 Å². The van der Waals surface area contributed by atoms with Crippen LogP contribution in [0, 0.1) is 0 Å². The molecule has 6 rings (SSSR count). The molecule has 0 amide bonds. The number of nitrogens with one attached hydrogen (secondary N) is 1. The molecule has 0 bridgehead atoms. The second kappa shape index (κ2) is 10.3. The van der Waals surface area contributed by atoms with Crippen molar-refractivity contribution in [3.63, 3.8) is 0 Å². The van der Waals surface area contributed by atoms with Crippen LogP contribution in [0.25, 0.3) is 11.5 Å². The van der Waals surface area contributed by atoms with Gasteiger partial charge in [0.05, 0.1) is 17.5 Å². The van der Waals surface area contributed by atoms with Crippen molar-refractivity contribution < 1.29 is 18.8 Å². The van der Waals surface area contributed by atoms with Gasteiger partial charge >= 0.3 is 0 Å². The van der Waals surface area contributed by atoms with Crippen molar-refractivity contribution in [3.8, 4) is 23.3 Å². The van der Waals surface area contributed by atoms with Crippen molar-refractivity contribution in [2.75, 3.05) is 20.1 Å². The Morgan fingerprint density at radius 1 is 1.18 bits per heavy atom. The topological polar surface area (TPSA) is 103 Å². The molecular formula is C30H41N5O4. The van der Waals surface area contributed by atoms with E-state index in [0.717, 1.165) is 82.2 Å². The fourth-order valence-electron chi connectivity index (χ4n) is 7.13. The predicted octanol–water partition coefficient (Wildman–Crippen LogP) is 4.40. The second-order valence-electron chi connectivity index (χ2n) is 12.5. The normalized spacial score (nSPS) is 29.4. The molecule has 4 heterocycles. The van der Waals surface area contributed by atoms with Gasteiger partial charge in [-0.15, -0.1) is 0 Å². The number of rotatable bonds is 7. The van der Waals surface area contributed by atoms with Crippen LogP contribution in [-0.2, 0) is 16.6 Å². The maximum absolute atomic E-state index is 13.2. The lowest BCUT2D eigenvalue weighted by Gasteiger charge is -2.36. The minimum Gasteiger partial charge on any atom is -0.473 e. The predicted molar refractivity (Wildman–Crippen MR) is 147 cm³/mol. The van der Waals surface area contributed by atoms with Gasteiger partial charge in [-0.05, 0) is 78.5 Å². The standard InChI is InChI=1S/C30H41N5O4/c1-5-22(21-11-9-15-35(21)4)38-25-16-24(37-19-17-29(2,3)31-18-19)32-28(33-25)26-20-10-8-14-30(27(20)39-34-26)13-7-6-12-23(30)36/h5,16,19,21-22,31H,1,6-15,17-18H2,2-4H3/t19?,21-,22-,30+/m0/s1. The van der Waals surface area contributed by atoms with E-state index < -0.39 is 5.41 Å². The highest BCUT2D eigenvalue weighted by molar-refractivity contribution is 5.91. The maximum atomic E-state index is 13.2. The maximum Gasteiger partial charge on any atom is 0.221 e. The Balaban J connectivity index is 1.36. The van der Waals surface area contributed by atoms with Gasteiger partial charge in [0, 0.05) is 30.5 Å². The summed E-state index contributed by atoms with van der Waals surface area (Å²) in [5.74, 6) is 2.31. The van der Waals surface area contributed by atoms with Gasteiger partial charge in [0.15, 0.2) is 17.3 Å². The van der Waals surface area contributed by atoms with E-state index in [0.29, 0.717) is 29.7 Å². The quantitative estimate of drug-likeness (QED) is 0.517. The summed E-state index contributed by atoms with van der Waals surface area (Å²) in [6.45, 7) is 10.2. The number of ether oxygens (including phenoxy) is 2. The van der Waals surface area contributed by atoms with Crippen LogP contribution in [0.15, 0.2) is 23.2 Å². The fraction of sp³-hybridized carbons (Fsp3) is 0.667. The SMILES string of the molecule is C=C[C@H](Oc1cc(OC2CNC(C)(C)C2)nc(-c2noc3c2CCC[C@@]32CCCCC2=O)n1)[C@@H]1CCCN1C. The summed E-state index contributed by atoms with van der Waals surface area (Å²) in [4.78, 5) is 25.1. The van der Waals surface area contributed by atoms with E-state index in [9.17, 15) is 4.79 Å². The van der Waals surface area contributed by atoms with Crippen LogP contribution in [-0.4, -0.2) is 69.7 Å². The summed E-state index contributed by atoms with van der Waals surface area (Å²) in [5, 5.41) is 7.98. The summed E-state index contributed by atoms with van der Waals surface area (Å²) in [7, 11) is 2.12. The number of hydrogen-bond donors (Lipinski definition) is 1. The number of carbonyl (C=O) groups is 1. The average molecular weight is 536 g/mol. The molecule has 2 aliphatic carbocycles. The summed E-state index contributed by atoms with van der Waals surface area (Å²) >= 11 is 0. The summed E-state index contributed by atoms with van der Waals surface area (Å²) in [6, 6.07) is 2.01. The number of hydrogen-bond acceptors (Lipinski definition) is 9. The molecule has 1 unspecified atom stereocenters. The number of ketones is 1. The van der Waals surface area contributed by atoms with Crippen molar-refractivity contribution >= 4 is 5.78 Å². The molecular weight excluding hydrogens is 494 g/mol. The minimum atomic E-state index is -0.549. The molecule has 2 aromatic rings. The number of aromatic nitrogens is 3. The zero-order valence-electron chi connectivity index (χ0n) is 23.5. The van der Waals surface area contributed by atoms with Crippen molar-refractivity contribution in [3.05, 3.63) is 30.0 Å². The number of likely N-dealkylation sites (N-methyl/N-ethyl adjacent to an activating group) is 1. The zero-order valence-corrected chi connectivity index (χ0v) is 23.5. The molecule has 2 aromatic heterocycles. The van der Waals surface area contributed by atoms with Crippen LogP contribution in [0.3, 0.4) is 0 Å². The number of fused-ring (bicyclic) bond motifs is 2. The first-order chi connectivity index (χ1) is 18.8. The third-order valence-corrected chi connectivity index (χ3v) is 9.21. The van der Waals surface area contributed by atoms with E-state index in [1.54, 1.807) is 6.07 Å². The van der Waals surface area contributed by atoms with Crippen molar-refractivity contribution in [2.45, 2.75) is 107 Å². The first-order valence-electron chi connectivity index (χ1n) is 14.6. The zero-order chi connectivity index (χ0) is 27.2. The van der Waals surface area contributed by atoms with Gasteiger partial charge in [-0.2, -0.15) is 9.97 Å². The number of Topliss-reactive ketones (excluding diaryl/α,β-unsaturated/α-hetero) is 1. The molecule has 1 spiro atoms. The second-order valence-corrected chi connectivity index (χ2v) is 12.5. The van der Waals surface area contributed by atoms with Crippen LogP contribution < -0.4 is 14.8 Å². The lowest BCUT2D eigenvalue weighted by molar-refractivity contribution is -0.128. The van der Waals surface area contributed by atoms with Gasteiger partial charge < -0.3 is 19.3 Å². The van der Waals surface area contributed by atoms with Crippen molar-refractivity contribution in [2.24, 2.45) is 0 Å². The van der Waals surface area contributed by atoms with E-state index >= 15 is 0 Å². The Labute approximate surface area is 230 Å². The van der Waals surface area contributed by atoms with E-state index in [1.165, 1.54) is 0 Å². The molecule has 2 aliphatic heterocycles. The molecule has 3 fully saturated rings. The molecule has 9 nitrogen and oxygen atoms in total. The summed E-state index contributed by atoms with van der Waals surface area (Å²) < 4.78 is 18.8. The first kappa shape index (κ1) is 26.4. The molecule has 2 saturated heterocycles. The Morgan fingerprint density at radius 2 is 2.00 bits per heavy atom. The van der Waals surface area contributed by atoms with Crippen LogP contribution in [0.2, 0.25) is 0 Å². The van der Waals surface area contributed by atoms with Gasteiger partial charge in [0.2, 0.25) is 11.8 Å². The Kier molecular flexibility index (Phi) is 7.00. The number of nitrogens with zero attached hydrogens (tertiary/aromatic N) is 4. The average Bonchev–Trinajstić information content (AvgIpc) is 3.63. The Hall–Kier alpha value is -2.78. The molecule has 0 aromatic carbocycles. The highest BCUT2D eigenvalue weighted by atomic mass is 16.5. The third-order valence-electron chi connectivity index (χ3n) is 9.21. The lowest BCUT2D eigenvalue weighted by atomic mass is 9.64. The molecule has 4 atom stereocenters.